The quantitative estimate of drug-likeness (QED) is 0.380. The molecule has 0 spiro atoms. The normalized spacial score (nSPS) is 14.6. The van der Waals surface area contributed by atoms with Crippen LogP contribution in [0.15, 0.2) is 17.4 Å². The van der Waals surface area contributed by atoms with Crippen molar-refractivity contribution in [2.75, 3.05) is 0 Å². The molecule has 0 N–H and O–H groups in total. The predicted molar refractivity (Wildman–Crippen MR) is 38.9 cm³/mol. The molecule has 0 aliphatic heterocycles. The number of hydrogen-bond donors (Lipinski definition) is 0. The van der Waals surface area contributed by atoms with Crippen molar-refractivity contribution in [3.8, 4) is 0 Å². The molecule has 0 rings (SSSR count). The van der Waals surface area contributed by atoms with Crippen molar-refractivity contribution in [3.05, 3.63) is 17.4 Å². The fourth-order valence-electron chi connectivity index (χ4n) is 0.417. The average Bonchev–Trinajstić information content (AvgIpc) is 1.67. The van der Waals surface area contributed by atoms with E-state index in [-0.39, 0.29) is 0 Å². The van der Waals surface area contributed by atoms with Gasteiger partial charge in [-0.05, 0) is 0 Å². The molecule has 0 saturated carbocycles. The molecule has 1 heteroatoms. The fourth-order valence-corrected chi connectivity index (χ4v) is 0.677. The zero-order valence-corrected chi connectivity index (χ0v) is 9.28. The Labute approximate surface area is 85.6 Å². The van der Waals surface area contributed by atoms with Crippen molar-refractivity contribution in [2.45, 2.75) is 20.8 Å². The summed E-state index contributed by atoms with van der Waals surface area (Å²) < 4.78 is 1.58. The molecule has 0 aromatic heterocycles. The van der Waals surface area contributed by atoms with Gasteiger partial charge in [0.1, 0.15) is 0 Å². The third-order valence-electron chi connectivity index (χ3n) is 1.21. The minimum absolute atomic E-state index is 0.872. The molecule has 0 atom stereocenters. The first-order valence-electron chi connectivity index (χ1n) is 2.95. The van der Waals surface area contributed by atoms with E-state index in [1.807, 2.05) is 0 Å². The molecule has 40 valence electrons. The molecule has 0 saturated heterocycles. The summed E-state index contributed by atoms with van der Waals surface area (Å²) in [5, 5.41) is 0. The van der Waals surface area contributed by atoms with Crippen LogP contribution in [0.5, 0.6) is 0 Å². The van der Waals surface area contributed by atoms with Crippen molar-refractivity contribution in [3.63, 3.8) is 0 Å². The average molecular weight is 134 g/mol. The number of allylic oxidation sites excluding steroid dienone is 4. The Morgan fingerprint density at radius 2 is 1.88 bits per heavy atom. The van der Waals surface area contributed by atoms with Crippen LogP contribution in [-0.4, -0.2) is 49.0 Å². The zero-order chi connectivity index (χ0) is 6.57. The zero-order valence-electron chi connectivity index (χ0n) is 6.15. The molecule has 0 nitrogen and oxygen atoms in total. The molecule has 0 bridgehead atoms. The van der Waals surface area contributed by atoms with Gasteiger partial charge in [0.25, 0.3) is 0 Å². The Bertz CT molecular complexity index is 116. The molecule has 0 aliphatic rings. The molecule has 0 radical (unpaired) electrons. The first-order valence-corrected chi connectivity index (χ1v) is 4.51. The van der Waals surface area contributed by atoms with E-state index in [9.17, 15) is 0 Å². The van der Waals surface area contributed by atoms with Gasteiger partial charge in [-0.2, -0.15) is 0 Å². The monoisotopic (exact) mass is 134 g/mol. The predicted octanol–water partition coefficient (Wildman–Crippen LogP) is 2.02. The summed E-state index contributed by atoms with van der Waals surface area (Å²) in [6, 6.07) is 0. The second kappa shape index (κ2) is 4.95. The van der Waals surface area contributed by atoms with Gasteiger partial charge in [0.05, 0.1) is 0 Å². The first kappa shape index (κ1) is 9.12. The van der Waals surface area contributed by atoms with Crippen molar-refractivity contribution >= 4 is 49.0 Å². The fraction of sp³-hybridized carbons (Fsp3) is 0.429. The van der Waals surface area contributed by atoms with Gasteiger partial charge in [0, 0.05) is 0 Å². The minimum atomic E-state index is 0.872. The van der Waals surface area contributed by atoms with Crippen LogP contribution in [0.25, 0.3) is 0 Å². The standard InChI is InChI=1S/C7H11.K/c1-4-6-7(3)5-2;/h4,6H,1-3H3;. The molecule has 0 fully saturated rings. The molecule has 0 unspecified atom stereocenters. The van der Waals surface area contributed by atoms with Crippen LogP contribution in [0.2, 0.25) is 0 Å². The van der Waals surface area contributed by atoms with Crippen molar-refractivity contribution < 1.29 is 0 Å². The van der Waals surface area contributed by atoms with Crippen molar-refractivity contribution in [1.29, 1.82) is 0 Å². The van der Waals surface area contributed by atoms with E-state index in [2.05, 4.69) is 32.9 Å². The Morgan fingerprint density at radius 1 is 1.38 bits per heavy atom. The van der Waals surface area contributed by atoms with Crippen LogP contribution in [0.4, 0.5) is 0 Å². The summed E-state index contributed by atoms with van der Waals surface area (Å²) >= 11 is 0.872. The summed E-state index contributed by atoms with van der Waals surface area (Å²) in [4.78, 5) is 0. The van der Waals surface area contributed by atoms with Crippen molar-refractivity contribution in [2.24, 2.45) is 0 Å². The Hall–Kier alpha value is 1.12. The Morgan fingerprint density at radius 3 is 2.00 bits per heavy atom. The summed E-state index contributed by atoms with van der Waals surface area (Å²) in [6.07, 6.45) is 4.26. The number of hydrogen-bond acceptors (Lipinski definition) is 0. The third kappa shape index (κ3) is 4.04. The Kier molecular flexibility index (Phi) is 5.64. The molecule has 0 aromatic rings. The van der Waals surface area contributed by atoms with E-state index in [0.717, 1.165) is 49.0 Å². The number of rotatable bonds is 1. The van der Waals surface area contributed by atoms with E-state index < -0.39 is 0 Å². The maximum absolute atomic E-state index is 2.20. The van der Waals surface area contributed by atoms with Crippen LogP contribution in [0.3, 0.4) is 0 Å². The SMILES string of the molecule is CC=CC(C)=[C](C)[K]. The van der Waals surface area contributed by atoms with Gasteiger partial charge in [0.15, 0.2) is 0 Å². The molecule has 0 aromatic carbocycles. The molecular weight excluding hydrogens is 123 g/mol. The molecule has 0 aliphatic carbocycles. The van der Waals surface area contributed by atoms with Gasteiger partial charge >= 0.3 is 87.1 Å². The summed E-state index contributed by atoms with van der Waals surface area (Å²) in [7, 11) is 0. The van der Waals surface area contributed by atoms with E-state index >= 15 is 0 Å². The molecule has 0 heterocycles. The molecular formula is C7H11K. The third-order valence-corrected chi connectivity index (χ3v) is 2.44. The van der Waals surface area contributed by atoms with E-state index in [1.165, 1.54) is 5.57 Å². The van der Waals surface area contributed by atoms with E-state index in [1.54, 1.807) is -0.332 Å². The van der Waals surface area contributed by atoms with Gasteiger partial charge in [-0.3, -0.25) is 0 Å². The second-order valence-electron chi connectivity index (χ2n) is 2.18. The van der Waals surface area contributed by atoms with Crippen molar-refractivity contribution in [1.82, 2.24) is 0 Å². The van der Waals surface area contributed by atoms with Crippen LogP contribution < -0.4 is 0 Å². The second-order valence-corrected chi connectivity index (χ2v) is 4.53. The van der Waals surface area contributed by atoms with Gasteiger partial charge in [-0.1, -0.05) is 0 Å². The van der Waals surface area contributed by atoms with Gasteiger partial charge in [0.2, 0.25) is 0 Å². The van der Waals surface area contributed by atoms with E-state index in [4.69, 9.17) is 0 Å². The van der Waals surface area contributed by atoms with Crippen LogP contribution in [-0.2, 0) is 0 Å². The summed E-state index contributed by atoms with van der Waals surface area (Å²) in [6.45, 7) is 6.43. The van der Waals surface area contributed by atoms with Gasteiger partial charge < -0.3 is 0 Å². The summed E-state index contributed by atoms with van der Waals surface area (Å²) in [5.74, 6) is 0. The van der Waals surface area contributed by atoms with Gasteiger partial charge in [-0.15, -0.1) is 0 Å². The van der Waals surface area contributed by atoms with Crippen LogP contribution in [0.1, 0.15) is 20.8 Å². The summed E-state index contributed by atoms with van der Waals surface area (Å²) in [5.41, 5.74) is 1.45. The topological polar surface area (TPSA) is 0 Å². The van der Waals surface area contributed by atoms with Gasteiger partial charge in [-0.25, -0.2) is 0 Å². The van der Waals surface area contributed by atoms with Crippen LogP contribution >= 0.6 is 0 Å². The van der Waals surface area contributed by atoms with Crippen LogP contribution in [0, 0.1) is 0 Å². The maximum atomic E-state index is 2.20. The first-order chi connectivity index (χ1) is 3.68. The Balaban J connectivity index is 4.00. The van der Waals surface area contributed by atoms with E-state index in [0.29, 0.717) is 0 Å². The molecule has 0 amide bonds. The molecule has 8 heavy (non-hydrogen) atoms.